The lowest BCUT2D eigenvalue weighted by atomic mass is 10.1. The Morgan fingerprint density at radius 2 is 1.97 bits per heavy atom. The molecule has 2 aliphatic rings. The van der Waals surface area contributed by atoms with Gasteiger partial charge in [0.25, 0.3) is 5.91 Å². The van der Waals surface area contributed by atoms with E-state index in [1.165, 1.54) is 18.2 Å². The van der Waals surface area contributed by atoms with Crippen LogP contribution in [0.25, 0.3) is 0 Å². The lowest BCUT2D eigenvalue weighted by Gasteiger charge is -2.18. The van der Waals surface area contributed by atoms with Crippen LogP contribution >= 0.6 is 0 Å². The molecule has 156 valence electrons. The quantitative estimate of drug-likeness (QED) is 0.769. The van der Waals surface area contributed by atoms with Crippen molar-refractivity contribution in [2.75, 3.05) is 30.4 Å². The number of fused-ring (bicyclic) bond motifs is 1. The molecule has 1 saturated heterocycles. The number of rotatable bonds is 6. The van der Waals surface area contributed by atoms with Gasteiger partial charge in [-0.3, -0.25) is 14.4 Å². The van der Waals surface area contributed by atoms with Gasteiger partial charge in [0.05, 0.1) is 5.92 Å². The summed E-state index contributed by atoms with van der Waals surface area (Å²) in [5.74, 6) is -0.397. The molecule has 2 aromatic carbocycles. The molecule has 1 aliphatic carbocycles. The van der Waals surface area contributed by atoms with Crippen molar-refractivity contribution in [2.24, 2.45) is 5.92 Å². The van der Waals surface area contributed by atoms with Gasteiger partial charge in [-0.15, -0.1) is 0 Å². The smallest absolute Gasteiger partial charge is 0.257 e. The van der Waals surface area contributed by atoms with Gasteiger partial charge in [-0.05, 0) is 54.7 Å². The van der Waals surface area contributed by atoms with E-state index in [4.69, 9.17) is 4.74 Å². The minimum Gasteiger partial charge on any atom is -0.484 e. The topological polar surface area (TPSA) is 87.7 Å². The predicted molar refractivity (Wildman–Crippen MR) is 114 cm³/mol. The molecule has 0 spiro atoms. The van der Waals surface area contributed by atoms with Gasteiger partial charge in [-0.2, -0.15) is 0 Å². The average Bonchev–Trinajstić information content (AvgIpc) is 3.38. The number of carbonyl (C=O) groups excluding carboxylic acids is 3. The fourth-order valence-electron chi connectivity index (χ4n) is 3.99. The van der Waals surface area contributed by atoms with Crippen LogP contribution in [-0.2, 0) is 27.2 Å². The Kier molecular flexibility index (Phi) is 5.70. The number of amides is 3. The molecule has 0 radical (unpaired) electrons. The van der Waals surface area contributed by atoms with Crippen LogP contribution in [0.2, 0.25) is 0 Å². The zero-order chi connectivity index (χ0) is 21.1. The van der Waals surface area contributed by atoms with Crippen molar-refractivity contribution in [1.29, 1.82) is 0 Å². The van der Waals surface area contributed by atoms with E-state index in [1.54, 1.807) is 29.2 Å². The normalized spacial score (nSPS) is 17.6. The van der Waals surface area contributed by atoms with E-state index in [0.717, 1.165) is 24.9 Å². The molecule has 0 bridgehead atoms. The largest absolute Gasteiger partial charge is 0.484 e. The SMILES string of the molecule is CNC(=O)COc1cccc(NC(=O)C2CC(=O)N(c3ccc4c(c3)CCC4)C2)c1. The summed E-state index contributed by atoms with van der Waals surface area (Å²) in [5, 5.41) is 5.35. The molecular formula is C23H25N3O4. The fourth-order valence-corrected chi connectivity index (χ4v) is 3.99. The number of carbonyl (C=O) groups is 3. The number of nitrogens with one attached hydrogen (secondary N) is 2. The first-order valence-electron chi connectivity index (χ1n) is 10.2. The van der Waals surface area contributed by atoms with E-state index in [0.29, 0.717) is 18.0 Å². The Labute approximate surface area is 175 Å². The molecule has 3 amide bonds. The van der Waals surface area contributed by atoms with Crippen molar-refractivity contribution >= 4 is 29.1 Å². The molecule has 2 N–H and O–H groups in total. The summed E-state index contributed by atoms with van der Waals surface area (Å²) < 4.78 is 5.41. The van der Waals surface area contributed by atoms with Gasteiger partial charge in [0.2, 0.25) is 11.8 Å². The maximum atomic E-state index is 12.8. The first kappa shape index (κ1) is 19.9. The number of nitrogens with zero attached hydrogens (tertiary/aromatic N) is 1. The van der Waals surface area contributed by atoms with Crippen LogP contribution in [0, 0.1) is 5.92 Å². The molecule has 1 unspecified atom stereocenters. The van der Waals surface area contributed by atoms with Gasteiger partial charge >= 0.3 is 0 Å². The second-order valence-electron chi connectivity index (χ2n) is 7.69. The summed E-state index contributed by atoms with van der Waals surface area (Å²) in [5.41, 5.74) is 4.11. The van der Waals surface area contributed by atoms with Crippen LogP contribution in [0.5, 0.6) is 5.75 Å². The minimum absolute atomic E-state index is 0.0317. The van der Waals surface area contributed by atoms with Crippen LogP contribution in [0.3, 0.4) is 0 Å². The highest BCUT2D eigenvalue weighted by Gasteiger charge is 2.35. The molecular weight excluding hydrogens is 382 g/mol. The lowest BCUT2D eigenvalue weighted by molar-refractivity contribution is -0.122. The molecule has 30 heavy (non-hydrogen) atoms. The molecule has 2 aromatic rings. The standard InChI is InChI=1S/C23H25N3O4/c1-24-21(27)14-30-20-7-3-6-18(12-20)25-23(29)17-11-22(28)26(13-17)19-9-8-15-4-2-5-16(15)10-19/h3,6-10,12,17H,2,4-5,11,13-14H2,1H3,(H,24,27)(H,25,29). The van der Waals surface area contributed by atoms with E-state index in [2.05, 4.69) is 22.8 Å². The summed E-state index contributed by atoms with van der Waals surface area (Å²) in [7, 11) is 1.54. The zero-order valence-electron chi connectivity index (χ0n) is 16.9. The maximum Gasteiger partial charge on any atom is 0.257 e. The van der Waals surface area contributed by atoms with E-state index >= 15 is 0 Å². The van der Waals surface area contributed by atoms with Crippen LogP contribution < -0.4 is 20.3 Å². The highest BCUT2D eigenvalue weighted by molar-refractivity contribution is 6.03. The zero-order valence-corrected chi connectivity index (χ0v) is 16.9. The lowest BCUT2D eigenvalue weighted by Crippen LogP contribution is -2.28. The molecule has 0 aromatic heterocycles. The number of anilines is 2. The van der Waals surface area contributed by atoms with E-state index in [9.17, 15) is 14.4 Å². The van der Waals surface area contributed by atoms with Crippen molar-refractivity contribution in [3.63, 3.8) is 0 Å². The Balaban J connectivity index is 1.39. The van der Waals surface area contributed by atoms with Crippen LogP contribution in [0.4, 0.5) is 11.4 Å². The van der Waals surface area contributed by atoms with E-state index < -0.39 is 5.92 Å². The van der Waals surface area contributed by atoms with Crippen molar-refractivity contribution in [3.8, 4) is 5.75 Å². The van der Waals surface area contributed by atoms with Gasteiger partial charge in [-0.1, -0.05) is 12.1 Å². The van der Waals surface area contributed by atoms with Crippen molar-refractivity contribution in [2.45, 2.75) is 25.7 Å². The fraction of sp³-hybridized carbons (Fsp3) is 0.348. The Hall–Kier alpha value is -3.35. The summed E-state index contributed by atoms with van der Waals surface area (Å²) in [6.07, 6.45) is 3.49. The molecule has 0 saturated carbocycles. The van der Waals surface area contributed by atoms with Gasteiger partial charge in [-0.25, -0.2) is 0 Å². The molecule has 1 heterocycles. The molecule has 4 rings (SSSR count). The van der Waals surface area contributed by atoms with Crippen molar-refractivity contribution in [3.05, 3.63) is 53.6 Å². The summed E-state index contributed by atoms with van der Waals surface area (Å²) >= 11 is 0. The second kappa shape index (κ2) is 8.57. The molecule has 1 aliphatic heterocycles. The second-order valence-corrected chi connectivity index (χ2v) is 7.69. The average molecular weight is 407 g/mol. The summed E-state index contributed by atoms with van der Waals surface area (Å²) in [6, 6.07) is 13.0. The van der Waals surface area contributed by atoms with Gasteiger partial charge in [0.1, 0.15) is 5.75 Å². The molecule has 7 heteroatoms. The third kappa shape index (κ3) is 4.30. The number of ether oxygens (including phenoxy) is 1. The predicted octanol–water partition coefficient (Wildman–Crippen LogP) is 2.29. The molecule has 1 fully saturated rings. The maximum absolute atomic E-state index is 12.8. The third-order valence-corrected chi connectivity index (χ3v) is 5.64. The molecule has 7 nitrogen and oxygen atoms in total. The van der Waals surface area contributed by atoms with Gasteiger partial charge in [0.15, 0.2) is 6.61 Å². The number of aryl methyl sites for hydroxylation is 2. The Bertz CT molecular complexity index is 988. The van der Waals surface area contributed by atoms with Crippen LogP contribution in [-0.4, -0.2) is 37.9 Å². The first-order chi connectivity index (χ1) is 14.5. The number of likely N-dealkylation sites (N-methyl/N-ethyl adjacent to an activating group) is 1. The van der Waals surface area contributed by atoms with E-state index in [-0.39, 0.29) is 30.7 Å². The monoisotopic (exact) mass is 407 g/mol. The van der Waals surface area contributed by atoms with E-state index in [1.807, 2.05) is 6.07 Å². The Morgan fingerprint density at radius 3 is 2.80 bits per heavy atom. The highest BCUT2D eigenvalue weighted by Crippen LogP contribution is 2.31. The Morgan fingerprint density at radius 1 is 1.13 bits per heavy atom. The van der Waals surface area contributed by atoms with Gasteiger partial charge in [0, 0.05) is 37.5 Å². The van der Waals surface area contributed by atoms with Crippen LogP contribution in [0.1, 0.15) is 24.0 Å². The van der Waals surface area contributed by atoms with Crippen molar-refractivity contribution in [1.82, 2.24) is 5.32 Å². The highest BCUT2D eigenvalue weighted by atomic mass is 16.5. The van der Waals surface area contributed by atoms with Crippen molar-refractivity contribution < 1.29 is 19.1 Å². The van der Waals surface area contributed by atoms with Crippen LogP contribution in [0.15, 0.2) is 42.5 Å². The first-order valence-corrected chi connectivity index (χ1v) is 10.2. The number of hydrogen-bond acceptors (Lipinski definition) is 4. The number of benzene rings is 2. The summed E-state index contributed by atoms with van der Waals surface area (Å²) in [4.78, 5) is 38.3. The number of hydrogen-bond donors (Lipinski definition) is 2. The minimum atomic E-state index is -0.416. The summed E-state index contributed by atoms with van der Waals surface area (Å²) in [6.45, 7) is 0.275. The third-order valence-electron chi connectivity index (χ3n) is 5.64. The molecule has 1 atom stereocenters. The van der Waals surface area contributed by atoms with Gasteiger partial charge < -0.3 is 20.3 Å².